The van der Waals surface area contributed by atoms with Gasteiger partial charge in [0, 0.05) is 19.5 Å². The molecular weight excluding hydrogens is 230 g/mol. The van der Waals surface area contributed by atoms with Crippen LogP contribution in [0.25, 0.3) is 0 Å². The molecule has 0 spiro atoms. The first-order valence-electron chi connectivity index (χ1n) is 7.02. The molecule has 2 saturated heterocycles. The van der Waals surface area contributed by atoms with Crippen LogP contribution in [0.2, 0.25) is 0 Å². The lowest BCUT2D eigenvalue weighted by Gasteiger charge is -2.22. The maximum Gasteiger partial charge on any atom is 0.224 e. The monoisotopic (exact) mass is 253 g/mol. The molecule has 2 rings (SSSR count). The fraction of sp³-hybridized carbons (Fsp3) is 0.846. The zero-order valence-electron chi connectivity index (χ0n) is 10.9. The summed E-state index contributed by atoms with van der Waals surface area (Å²) in [5, 5.41) is 5.71. The van der Waals surface area contributed by atoms with Gasteiger partial charge in [0.05, 0.1) is 5.92 Å². The summed E-state index contributed by atoms with van der Waals surface area (Å²) in [7, 11) is 0. The van der Waals surface area contributed by atoms with E-state index in [9.17, 15) is 9.59 Å². The van der Waals surface area contributed by atoms with Crippen LogP contribution in [0, 0.1) is 5.92 Å². The predicted molar refractivity (Wildman–Crippen MR) is 69.0 cm³/mol. The number of hydrogen-bond donors (Lipinski definition) is 2. The highest BCUT2D eigenvalue weighted by molar-refractivity contribution is 5.83. The van der Waals surface area contributed by atoms with Crippen LogP contribution in [0.5, 0.6) is 0 Å². The molecule has 1 atom stereocenters. The summed E-state index contributed by atoms with van der Waals surface area (Å²) < 4.78 is 0. The Hall–Kier alpha value is -1.10. The Morgan fingerprint density at radius 1 is 1.39 bits per heavy atom. The van der Waals surface area contributed by atoms with Crippen molar-refractivity contribution in [2.75, 3.05) is 32.7 Å². The quantitative estimate of drug-likeness (QED) is 0.684. The molecule has 1 unspecified atom stereocenters. The van der Waals surface area contributed by atoms with Crippen LogP contribution in [0.3, 0.4) is 0 Å². The molecule has 18 heavy (non-hydrogen) atoms. The molecule has 0 saturated carbocycles. The number of hydrogen-bond acceptors (Lipinski definition) is 3. The van der Waals surface area contributed by atoms with Crippen LogP contribution < -0.4 is 10.6 Å². The number of carbonyl (C=O) groups excluding carboxylic acids is 2. The lowest BCUT2D eigenvalue weighted by molar-refractivity contribution is -0.128. The Morgan fingerprint density at radius 2 is 2.17 bits per heavy atom. The molecular formula is C13H23N3O2. The van der Waals surface area contributed by atoms with E-state index >= 15 is 0 Å². The Balaban J connectivity index is 1.55. The SMILES string of the molecule is O=C1CCC(C(=O)NCCCN2CCCC2)CN1. The summed E-state index contributed by atoms with van der Waals surface area (Å²) in [4.78, 5) is 25.3. The van der Waals surface area contributed by atoms with Gasteiger partial charge in [-0.1, -0.05) is 0 Å². The molecule has 0 aromatic rings. The minimum Gasteiger partial charge on any atom is -0.356 e. The van der Waals surface area contributed by atoms with E-state index in [1.54, 1.807) is 0 Å². The van der Waals surface area contributed by atoms with E-state index in [-0.39, 0.29) is 17.7 Å². The molecule has 0 radical (unpaired) electrons. The van der Waals surface area contributed by atoms with Crippen molar-refractivity contribution in [3.05, 3.63) is 0 Å². The third kappa shape index (κ3) is 3.98. The molecule has 2 heterocycles. The van der Waals surface area contributed by atoms with E-state index in [0.29, 0.717) is 19.4 Å². The van der Waals surface area contributed by atoms with E-state index < -0.39 is 0 Å². The lowest BCUT2D eigenvalue weighted by atomic mass is 9.98. The summed E-state index contributed by atoms with van der Waals surface area (Å²) in [6, 6.07) is 0. The summed E-state index contributed by atoms with van der Waals surface area (Å²) in [5.74, 6) is 0.124. The third-order valence-corrected chi connectivity index (χ3v) is 3.79. The van der Waals surface area contributed by atoms with Gasteiger partial charge in [0.1, 0.15) is 0 Å². The topological polar surface area (TPSA) is 61.4 Å². The molecule has 2 fully saturated rings. The molecule has 0 aliphatic carbocycles. The molecule has 2 aliphatic heterocycles. The van der Waals surface area contributed by atoms with Gasteiger partial charge in [-0.15, -0.1) is 0 Å². The molecule has 2 aliphatic rings. The Bertz CT molecular complexity index is 291. The Labute approximate surface area is 108 Å². The van der Waals surface area contributed by atoms with E-state index in [4.69, 9.17) is 0 Å². The summed E-state index contributed by atoms with van der Waals surface area (Å²) in [6.07, 6.45) is 4.81. The normalized spacial score (nSPS) is 24.9. The molecule has 2 N–H and O–H groups in total. The first-order chi connectivity index (χ1) is 8.75. The van der Waals surface area contributed by atoms with Crippen molar-refractivity contribution >= 4 is 11.8 Å². The second kappa shape index (κ2) is 6.73. The molecule has 0 aromatic carbocycles. The van der Waals surface area contributed by atoms with Crippen LogP contribution in [-0.4, -0.2) is 49.4 Å². The first kappa shape index (κ1) is 13.3. The minimum absolute atomic E-state index is 0.0329. The van der Waals surface area contributed by atoms with Crippen molar-refractivity contribution in [1.82, 2.24) is 15.5 Å². The van der Waals surface area contributed by atoms with Crippen LogP contribution in [0.4, 0.5) is 0 Å². The Kier molecular flexibility index (Phi) is 4.99. The van der Waals surface area contributed by atoms with Crippen molar-refractivity contribution in [2.24, 2.45) is 5.92 Å². The van der Waals surface area contributed by atoms with Gasteiger partial charge in [-0.25, -0.2) is 0 Å². The number of likely N-dealkylation sites (tertiary alicyclic amines) is 1. The number of nitrogens with zero attached hydrogens (tertiary/aromatic N) is 1. The minimum atomic E-state index is -0.0329. The zero-order valence-corrected chi connectivity index (χ0v) is 10.9. The molecule has 0 aromatic heterocycles. The summed E-state index contributed by atoms with van der Waals surface area (Å²) in [6.45, 7) is 4.75. The standard InChI is InChI=1S/C13H23N3O2/c17-12-5-4-11(10-15-12)13(18)14-6-3-9-16-7-1-2-8-16/h11H,1-10H2,(H,14,18)(H,15,17). The largest absolute Gasteiger partial charge is 0.356 e. The second-order valence-corrected chi connectivity index (χ2v) is 5.23. The van der Waals surface area contributed by atoms with Crippen LogP contribution in [0.1, 0.15) is 32.1 Å². The van der Waals surface area contributed by atoms with Gasteiger partial charge in [0.2, 0.25) is 11.8 Å². The molecule has 5 heteroatoms. The highest BCUT2D eigenvalue weighted by Gasteiger charge is 2.23. The second-order valence-electron chi connectivity index (χ2n) is 5.23. The maximum absolute atomic E-state index is 11.8. The van der Waals surface area contributed by atoms with Gasteiger partial charge in [-0.05, 0) is 45.3 Å². The van der Waals surface area contributed by atoms with Crippen molar-refractivity contribution in [3.63, 3.8) is 0 Å². The number of rotatable bonds is 5. The van der Waals surface area contributed by atoms with Gasteiger partial charge in [0.25, 0.3) is 0 Å². The highest BCUT2D eigenvalue weighted by atomic mass is 16.2. The number of carbonyl (C=O) groups is 2. The lowest BCUT2D eigenvalue weighted by Crippen LogP contribution is -2.43. The molecule has 5 nitrogen and oxygen atoms in total. The van der Waals surface area contributed by atoms with Crippen LogP contribution in [-0.2, 0) is 9.59 Å². The fourth-order valence-corrected chi connectivity index (χ4v) is 2.62. The van der Waals surface area contributed by atoms with Crippen LogP contribution in [0.15, 0.2) is 0 Å². The van der Waals surface area contributed by atoms with E-state index in [0.717, 1.165) is 19.5 Å². The number of nitrogens with one attached hydrogen (secondary N) is 2. The van der Waals surface area contributed by atoms with Gasteiger partial charge >= 0.3 is 0 Å². The van der Waals surface area contributed by atoms with Crippen LogP contribution >= 0.6 is 0 Å². The molecule has 2 amide bonds. The number of piperidine rings is 1. The summed E-state index contributed by atoms with van der Waals surface area (Å²) >= 11 is 0. The van der Waals surface area contributed by atoms with E-state index in [1.807, 2.05) is 0 Å². The molecule has 0 bridgehead atoms. The highest BCUT2D eigenvalue weighted by Crippen LogP contribution is 2.11. The first-order valence-corrected chi connectivity index (χ1v) is 7.02. The van der Waals surface area contributed by atoms with Crippen molar-refractivity contribution < 1.29 is 9.59 Å². The van der Waals surface area contributed by atoms with Gasteiger partial charge < -0.3 is 15.5 Å². The van der Waals surface area contributed by atoms with E-state index in [1.165, 1.54) is 25.9 Å². The van der Waals surface area contributed by atoms with Gasteiger partial charge in [0.15, 0.2) is 0 Å². The maximum atomic E-state index is 11.8. The molecule has 102 valence electrons. The van der Waals surface area contributed by atoms with E-state index in [2.05, 4.69) is 15.5 Å². The average Bonchev–Trinajstić information content (AvgIpc) is 2.88. The predicted octanol–water partition coefficient (Wildman–Crippen LogP) is 0.115. The summed E-state index contributed by atoms with van der Waals surface area (Å²) in [5.41, 5.74) is 0. The zero-order chi connectivity index (χ0) is 12.8. The van der Waals surface area contributed by atoms with Gasteiger partial charge in [-0.3, -0.25) is 9.59 Å². The smallest absolute Gasteiger partial charge is 0.224 e. The Morgan fingerprint density at radius 3 is 2.83 bits per heavy atom. The average molecular weight is 253 g/mol. The third-order valence-electron chi connectivity index (χ3n) is 3.79. The van der Waals surface area contributed by atoms with Crippen molar-refractivity contribution in [2.45, 2.75) is 32.1 Å². The van der Waals surface area contributed by atoms with Crippen molar-refractivity contribution in [3.8, 4) is 0 Å². The van der Waals surface area contributed by atoms with Gasteiger partial charge in [-0.2, -0.15) is 0 Å². The number of amides is 2. The van der Waals surface area contributed by atoms with Crippen molar-refractivity contribution in [1.29, 1.82) is 0 Å². The fourth-order valence-electron chi connectivity index (χ4n) is 2.62.